The first-order valence-electron chi connectivity index (χ1n) is 7.92. The highest BCUT2D eigenvalue weighted by atomic mass is 32.1. The number of nitrogens with zero attached hydrogens (tertiary/aromatic N) is 1. The molecule has 1 aromatic rings. The molecule has 0 bridgehead atoms. The Morgan fingerprint density at radius 2 is 1.95 bits per heavy atom. The lowest BCUT2D eigenvalue weighted by Gasteiger charge is -2.37. The van der Waals surface area contributed by atoms with E-state index in [0.717, 1.165) is 6.54 Å². The predicted molar refractivity (Wildman–Crippen MR) is 87.5 cm³/mol. The van der Waals surface area contributed by atoms with E-state index in [1.54, 1.807) is 0 Å². The van der Waals surface area contributed by atoms with Crippen LogP contribution in [0.3, 0.4) is 0 Å². The summed E-state index contributed by atoms with van der Waals surface area (Å²) < 4.78 is 0. The zero-order valence-electron chi connectivity index (χ0n) is 13.4. The van der Waals surface area contributed by atoms with E-state index in [-0.39, 0.29) is 0 Å². The summed E-state index contributed by atoms with van der Waals surface area (Å²) in [6, 6.07) is 0.415. The van der Waals surface area contributed by atoms with Crippen LogP contribution in [0.25, 0.3) is 0 Å². The minimum atomic E-state index is 0.379. The Morgan fingerprint density at radius 3 is 2.50 bits per heavy atom. The van der Waals surface area contributed by atoms with Gasteiger partial charge in [-0.3, -0.25) is 0 Å². The lowest BCUT2D eigenvalue weighted by atomic mass is 9.79. The first-order valence-corrected chi connectivity index (χ1v) is 8.74. The van der Waals surface area contributed by atoms with E-state index in [2.05, 4.69) is 43.4 Å². The van der Waals surface area contributed by atoms with Gasteiger partial charge in [0.2, 0.25) is 0 Å². The van der Waals surface area contributed by atoms with Crippen LogP contribution >= 0.6 is 11.3 Å². The molecule has 0 amide bonds. The highest BCUT2D eigenvalue weighted by molar-refractivity contribution is 7.11. The van der Waals surface area contributed by atoms with E-state index in [1.165, 1.54) is 54.1 Å². The van der Waals surface area contributed by atoms with Crippen molar-refractivity contribution in [1.82, 2.24) is 15.6 Å². The largest absolute Gasteiger partial charge is 0.314 e. The summed E-state index contributed by atoms with van der Waals surface area (Å²) in [5.41, 5.74) is 1.57. The van der Waals surface area contributed by atoms with Crippen LogP contribution in [-0.2, 0) is 0 Å². The number of rotatable bonds is 6. The fourth-order valence-electron chi connectivity index (χ4n) is 3.42. The first kappa shape index (κ1) is 15.9. The zero-order chi connectivity index (χ0) is 14.6. The fraction of sp³-hybridized carbons (Fsp3) is 0.812. The highest BCUT2D eigenvalue weighted by Crippen LogP contribution is 2.31. The molecule has 0 radical (unpaired) electrons. The van der Waals surface area contributed by atoms with E-state index >= 15 is 0 Å². The molecule has 1 aliphatic rings. The maximum absolute atomic E-state index is 4.53. The van der Waals surface area contributed by atoms with Crippen molar-refractivity contribution in [1.29, 1.82) is 0 Å². The Labute approximate surface area is 127 Å². The molecule has 1 atom stereocenters. The topological polar surface area (TPSA) is 37.0 Å². The number of aryl methyl sites for hydroxylation is 2. The number of thiazole rings is 1. The summed E-state index contributed by atoms with van der Waals surface area (Å²) in [5, 5.41) is 8.46. The standard InChI is InChI=1S/C16H29N3S/c1-12(15-13(2)19-14(3)20-15)18-11-10-16(17-4)8-6-5-7-9-16/h12,17-18H,5-11H2,1-4H3. The Hall–Kier alpha value is -0.450. The van der Waals surface area contributed by atoms with Crippen molar-refractivity contribution in [2.45, 2.75) is 70.9 Å². The van der Waals surface area contributed by atoms with Gasteiger partial charge in [0.25, 0.3) is 0 Å². The normalized spacial score (nSPS) is 20.0. The summed E-state index contributed by atoms with van der Waals surface area (Å²) >= 11 is 1.82. The lowest BCUT2D eigenvalue weighted by molar-refractivity contribution is 0.226. The van der Waals surface area contributed by atoms with Crippen LogP contribution in [0, 0.1) is 13.8 Å². The van der Waals surface area contributed by atoms with E-state index < -0.39 is 0 Å². The summed E-state index contributed by atoms with van der Waals surface area (Å²) in [7, 11) is 2.13. The molecule has 3 nitrogen and oxygen atoms in total. The van der Waals surface area contributed by atoms with E-state index in [1.807, 2.05) is 11.3 Å². The van der Waals surface area contributed by atoms with Gasteiger partial charge in [-0.15, -0.1) is 11.3 Å². The molecule has 1 heterocycles. The van der Waals surface area contributed by atoms with Crippen molar-refractivity contribution in [3.05, 3.63) is 15.6 Å². The summed E-state index contributed by atoms with van der Waals surface area (Å²) in [4.78, 5) is 5.92. The van der Waals surface area contributed by atoms with Crippen LogP contribution in [0.4, 0.5) is 0 Å². The number of hydrogen-bond acceptors (Lipinski definition) is 4. The molecule has 4 heteroatoms. The second-order valence-corrected chi connectivity index (χ2v) is 7.43. The van der Waals surface area contributed by atoms with Crippen LogP contribution in [0.15, 0.2) is 0 Å². The second-order valence-electron chi connectivity index (χ2n) is 6.20. The van der Waals surface area contributed by atoms with Crippen molar-refractivity contribution in [2.24, 2.45) is 0 Å². The van der Waals surface area contributed by atoms with Gasteiger partial charge in [-0.05, 0) is 53.6 Å². The van der Waals surface area contributed by atoms with Crippen molar-refractivity contribution in [3.8, 4) is 0 Å². The van der Waals surface area contributed by atoms with Crippen LogP contribution in [0.5, 0.6) is 0 Å². The fourth-order valence-corrected chi connectivity index (χ4v) is 4.38. The molecular weight excluding hydrogens is 266 g/mol. The SMILES string of the molecule is CNC1(CCNC(C)c2sc(C)nc2C)CCCCC1. The molecule has 2 N–H and O–H groups in total. The molecule has 0 spiro atoms. The van der Waals surface area contributed by atoms with Crippen molar-refractivity contribution >= 4 is 11.3 Å². The first-order chi connectivity index (χ1) is 9.56. The number of nitrogens with one attached hydrogen (secondary N) is 2. The van der Waals surface area contributed by atoms with Crippen LogP contribution in [0.1, 0.15) is 67.1 Å². The molecule has 114 valence electrons. The maximum atomic E-state index is 4.53. The Morgan fingerprint density at radius 1 is 1.25 bits per heavy atom. The van der Waals surface area contributed by atoms with Gasteiger partial charge in [0.05, 0.1) is 10.7 Å². The van der Waals surface area contributed by atoms with Crippen molar-refractivity contribution in [2.75, 3.05) is 13.6 Å². The molecule has 1 aliphatic carbocycles. The molecule has 1 fully saturated rings. The molecule has 0 aromatic carbocycles. The Balaban J connectivity index is 1.84. The molecule has 1 saturated carbocycles. The smallest absolute Gasteiger partial charge is 0.0900 e. The average molecular weight is 295 g/mol. The van der Waals surface area contributed by atoms with Crippen molar-refractivity contribution < 1.29 is 0 Å². The Kier molecular flexibility index (Phi) is 5.58. The van der Waals surface area contributed by atoms with E-state index in [9.17, 15) is 0 Å². The second kappa shape index (κ2) is 7.01. The minimum absolute atomic E-state index is 0.379. The molecule has 0 aliphatic heterocycles. The third-order valence-electron chi connectivity index (χ3n) is 4.73. The summed E-state index contributed by atoms with van der Waals surface area (Å²) in [6.07, 6.45) is 8.06. The molecule has 1 aromatic heterocycles. The number of aromatic nitrogens is 1. The van der Waals surface area contributed by atoms with Crippen LogP contribution in [-0.4, -0.2) is 24.1 Å². The summed E-state index contributed by atoms with van der Waals surface area (Å²) in [5.74, 6) is 0. The van der Waals surface area contributed by atoms with Gasteiger partial charge in [0, 0.05) is 16.5 Å². The zero-order valence-corrected chi connectivity index (χ0v) is 14.2. The van der Waals surface area contributed by atoms with Gasteiger partial charge in [-0.1, -0.05) is 19.3 Å². The Bertz CT molecular complexity index is 421. The molecule has 20 heavy (non-hydrogen) atoms. The molecule has 1 unspecified atom stereocenters. The van der Waals surface area contributed by atoms with Crippen LogP contribution < -0.4 is 10.6 Å². The average Bonchev–Trinajstić information content (AvgIpc) is 2.79. The summed E-state index contributed by atoms with van der Waals surface area (Å²) in [6.45, 7) is 7.55. The van der Waals surface area contributed by atoms with Gasteiger partial charge in [-0.25, -0.2) is 4.98 Å². The van der Waals surface area contributed by atoms with Gasteiger partial charge < -0.3 is 10.6 Å². The van der Waals surface area contributed by atoms with E-state index in [0.29, 0.717) is 11.6 Å². The predicted octanol–water partition coefficient (Wildman–Crippen LogP) is 3.72. The van der Waals surface area contributed by atoms with Gasteiger partial charge >= 0.3 is 0 Å². The third kappa shape index (κ3) is 3.80. The monoisotopic (exact) mass is 295 g/mol. The highest BCUT2D eigenvalue weighted by Gasteiger charge is 2.29. The van der Waals surface area contributed by atoms with Gasteiger partial charge in [0.15, 0.2) is 0 Å². The van der Waals surface area contributed by atoms with E-state index in [4.69, 9.17) is 0 Å². The number of hydrogen-bond donors (Lipinski definition) is 2. The molecule has 2 rings (SSSR count). The molecular formula is C16H29N3S. The quantitative estimate of drug-likeness (QED) is 0.840. The van der Waals surface area contributed by atoms with Crippen LogP contribution in [0.2, 0.25) is 0 Å². The van der Waals surface area contributed by atoms with Gasteiger partial charge in [0.1, 0.15) is 0 Å². The third-order valence-corrected chi connectivity index (χ3v) is 5.98. The maximum Gasteiger partial charge on any atom is 0.0900 e. The lowest BCUT2D eigenvalue weighted by Crippen LogP contribution is -2.46. The van der Waals surface area contributed by atoms with Gasteiger partial charge in [-0.2, -0.15) is 0 Å². The molecule has 0 saturated heterocycles. The van der Waals surface area contributed by atoms with Crippen molar-refractivity contribution in [3.63, 3.8) is 0 Å². The minimum Gasteiger partial charge on any atom is -0.314 e.